The van der Waals surface area contributed by atoms with Crippen LogP contribution in [0.25, 0.3) is 0 Å². The minimum Gasteiger partial charge on any atom is -0.486 e. The minimum atomic E-state index is -0.611. The van der Waals surface area contributed by atoms with E-state index in [9.17, 15) is 14.9 Å². The van der Waals surface area contributed by atoms with Gasteiger partial charge in [0.25, 0.3) is 5.69 Å². The number of hydrogen-bond acceptors (Lipinski definition) is 7. The molecule has 30 heavy (non-hydrogen) atoms. The molecule has 1 aromatic heterocycles. The van der Waals surface area contributed by atoms with Crippen molar-refractivity contribution in [2.75, 3.05) is 11.1 Å². The van der Waals surface area contributed by atoms with Gasteiger partial charge < -0.3 is 14.6 Å². The molecule has 12 heteroatoms. The summed E-state index contributed by atoms with van der Waals surface area (Å²) in [6.45, 7) is 0.201. The first-order valence-corrected chi connectivity index (χ1v) is 10.2. The number of ether oxygens (including phenoxy) is 1. The fourth-order valence-corrected chi connectivity index (χ4v) is 3.38. The lowest BCUT2D eigenvalue weighted by atomic mass is 10.3. The number of aromatic nitrogens is 3. The monoisotopic (exact) mass is 467 g/mol. The molecule has 0 atom stereocenters. The number of carbonyl (C=O) groups excluding carboxylic acids is 1. The second kappa shape index (κ2) is 9.79. The van der Waals surface area contributed by atoms with Crippen LogP contribution in [-0.2, 0) is 18.4 Å². The number of thioether (sulfide) groups is 1. The van der Waals surface area contributed by atoms with Crippen molar-refractivity contribution in [3.8, 4) is 5.75 Å². The van der Waals surface area contributed by atoms with Gasteiger partial charge in [-0.15, -0.1) is 10.2 Å². The van der Waals surface area contributed by atoms with E-state index in [-0.39, 0.29) is 34.7 Å². The SMILES string of the molecule is Cn1c(COc2ccc(Cl)cc2)nnc1SCC(=O)Nc1ccc(Cl)c([N+](=O)[O-])c1. The largest absolute Gasteiger partial charge is 0.486 e. The van der Waals surface area contributed by atoms with Crippen LogP contribution in [0, 0.1) is 10.1 Å². The summed E-state index contributed by atoms with van der Waals surface area (Å²) in [6.07, 6.45) is 0. The van der Waals surface area contributed by atoms with Gasteiger partial charge in [-0.2, -0.15) is 0 Å². The zero-order valence-corrected chi connectivity index (χ0v) is 17.9. The van der Waals surface area contributed by atoms with Crippen LogP contribution in [0.2, 0.25) is 10.0 Å². The third kappa shape index (κ3) is 5.62. The van der Waals surface area contributed by atoms with E-state index in [1.165, 1.54) is 30.0 Å². The quantitative estimate of drug-likeness (QED) is 0.297. The fraction of sp³-hybridized carbons (Fsp3) is 0.167. The second-order valence-corrected chi connectivity index (χ2v) is 7.75. The van der Waals surface area contributed by atoms with Gasteiger partial charge in [0.1, 0.15) is 17.4 Å². The highest BCUT2D eigenvalue weighted by Gasteiger charge is 2.15. The van der Waals surface area contributed by atoms with Crippen LogP contribution in [0.4, 0.5) is 11.4 Å². The topological polar surface area (TPSA) is 112 Å². The van der Waals surface area contributed by atoms with Crippen LogP contribution in [0.3, 0.4) is 0 Å². The van der Waals surface area contributed by atoms with Gasteiger partial charge >= 0.3 is 0 Å². The van der Waals surface area contributed by atoms with E-state index in [0.717, 1.165) is 0 Å². The molecule has 3 aromatic rings. The zero-order valence-electron chi connectivity index (χ0n) is 15.5. The Morgan fingerprint density at radius 1 is 1.23 bits per heavy atom. The maximum atomic E-state index is 12.2. The molecule has 0 saturated carbocycles. The number of carbonyl (C=O) groups is 1. The number of nitro benzene ring substituents is 1. The Morgan fingerprint density at radius 3 is 2.67 bits per heavy atom. The predicted octanol–water partition coefficient (Wildman–Crippen LogP) is 4.34. The maximum absolute atomic E-state index is 12.2. The molecule has 1 heterocycles. The lowest BCUT2D eigenvalue weighted by Gasteiger charge is -2.07. The van der Waals surface area contributed by atoms with Crippen molar-refractivity contribution in [3.05, 3.63) is 68.4 Å². The summed E-state index contributed by atoms with van der Waals surface area (Å²) in [5.74, 6) is 0.924. The molecular weight excluding hydrogens is 453 g/mol. The van der Waals surface area contributed by atoms with Crippen molar-refractivity contribution in [3.63, 3.8) is 0 Å². The normalized spacial score (nSPS) is 10.6. The number of halogens is 2. The Bertz CT molecular complexity index is 1070. The average Bonchev–Trinajstić information content (AvgIpc) is 3.07. The lowest BCUT2D eigenvalue weighted by Crippen LogP contribution is -2.14. The van der Waals surface area contributed by atoms with Gasteiger partial charge in [-0.1, -0.05) is 35.0 Å². The Kier molecular flexibility index (Phi) is 7.14. The number of nitrogens with zero attached hydrogens (tertiary/aromatic N) is 4. The van der Waals surface area contributed by atoms with Crippen molar-refractivity contribution < 1.29 is 14.5 Å². The third-order valence-corrected chi connectivity index (χ3v) is 5.46. The summed E-state index contributed by atoms with van der Waals surface area (Å²) in [7, 11) is 1.77. The first-order chi connectivity index (χ1) is 14.3. The Hall–Kier alpha value is -2.82. The summed E-state index contributed by atoms with van der Waals surface area (Å²) in [4.78, 5) is 22.5. The molecule has 0 radical (unpaired) electrons. The summed E-state index contributed by atoms with van der Waals surface area (Å²) in [5, 5.41) is 22.8. The van der Waals surface area contributed by atoms with Gasteiger partial charge in [0.2, 0.25) is 5.91 Å². The number of hydrogen-bond donors (Lipinski definition) is 1. The molecule has 1 N–H and O–H groups in total. The Morgan fingerprint density at radius 2 is 1.97 bits per heavy atom. The van der Waals surface area contributed by atoms with Crippen molar-refractivity contribution >= 4 is 52.2 Å². The number of amides is 1. The lowest BCUT2D eigenvalue weighted by molar-refractivity contribution is -0.384. The smallest absolute Gasteiger partial charge is 0.289 e. The Balaban J connectivity index is 1.54. The molecule has 0 aliphatic heterocycles. The maximum Gasteiger partial charge on any atom is 0.289 e. The predicted molar refractivity (Wildman–Crippen MR) is 114 cm³/mol. The molecule has 0 saturated heterocycles. The average molecular weight is 468 g/mol. The zero-order chi connectivity index (χ0) is 21.7. The van der Waals surface area contributed by atoms with E-state index in [1.54, 1.807) is 35.9 Å². The summed E-state index contributed by atoms with van der Waals surface area (Å²) >= 11 is 12.8. The van der Waals surface area contributed by atoms with Gasteiger partial charge in [0.05, 0.1) is 10.7 Å². The highest BCUT2D eigenvalue weighted by molar-refractivity contribution is 7.99. The van der Waals surface area contributed by atoms with E-state index in [1.807, 2.05) is 0 Å². The highest BCUT2D eigenvalue weighted by Crippen LogP contribution is 2.27. The van der Waals surface area contributed by atoms with Crippen LogP contribution >= 0.6 is 35.0 Å². The molecule has 3 rings (SSSR count). The van der Waals surface area contributed by atoms with E-state index >= 15 is 0 Å². The van der Waals surface area contributed by atoms with E-state index in [0.29, 0.717) is 21.8 Å². The second-order valence-electron chi connectivity index (χ2n) is 5.96. The minimum absolute atomic E-state index is 0.000178. The molecular formula is C18H15Cl2N5O4S. The van der Waals surface area contributed by atoms with Gasteiger partial charge in [-0.25, -0.2) is 0 Å². The molecule has 9 nitrogen and oxygen atoms in total. The first-order valence-electron chi connectivity index (χ1n) is 8.46. The van der Waals surface area contributed by atoms with Gasteiger partial charge in [0.15, 0.2) is 11.0 Å². The van der Waals surface area contributed by atoms with Crippen molar-refractivity contribution in [1.82, 2.24) is 14.8 Å². The molecule has 0 bridgehead atoms. The van der Waals surface area contributed by atoms with Crippen molar-refractivity contribution in [2.45, 2.75) is 11.8 Å². The van der Waals surface area contributed by atoms with Crippen molar-refractivity contribution in [1.29, 1.82) is 0 Å². The molecule has 0 unspecified atom stereocenters. The number of rotatable bonds is 8. The number of nitro groups is 1. The van der Waals surface area contributed by atoms with Crippen LogP contribution in [0.15, 0.2) is 47.6 Å². The Labute approximate surface area is 185 Å². The highest BCUT2D eigenvalue weighted by atomic mass is 35.5. The van der Waals surface area contributed by atoms with Crippen LogP contribution in [0.1, 0.15) is 5.82 Å². The molecule has 0 spiro atoms. The first kappa shape index (κ1) is 21.9. The van der Waals surface area contributed by atoms with E-state index in [2.05, 4.69) is 15.5 Å². The van der Waals surface area contributed by atoms with Crippen LogP contribution in [0.5, 0.6) is 5.75 Å². The molecule has 156 valence electrons. The van der Waals surface area contributed by atoms with E-state index < -0.39 is 4.92 Å². The molecule has 0 fully saturated rings. The standard InChI is InChI=1S/C18H15Cl2N5O4S/c1-24-16(9-29-13-5-2-11(19)3-6-13)22-23-18(24)30-10-17(26)21-12-4-7-14(20)15(8-12)25(27)28/h2-8H,9-10H2,1H3,(H,21,26). The van der Waals surface area contributed by atoms with Gasteiger partial charge in [-0.05, 0) is 36.4 Å². The van der Waals surface area contributed by atoms with Crippen molar-refractivity contribution in [2.24, 2.45) is 7.05 Å². The fourth-order valence-electron chi connectivity index (χ4n) is 2.33. The molecule has 0 aliphatic carbocycles. The summed E-state index contributed by atoms with van der Waals surface area (Å²) in [6, 6.07) is 11.0. The number of anilines is 1. The number of nitrogens with one attached hydrogen (secondary N) is 1. The number of benzene rings is 2. The van der Waals surface area contributed by atoms with Crippen LogP contribution < -0.4 is 10.1 Å². The van der Waals surface area contributed by atoms with Gasteiger partial charge in [-0.3, -0.25) is 14.9 Å². The van der Waals surface area contributed by atoms with Gasteiger partial charge in [0, 0.05) is 23.8 Å². The van der Waals surface area contributed by atoms with Crippen LogP contribution in [-0.4, -0.2) is 31.3 Å². The third-order valence-electron chi connectivity index (χ3n) is 3.87. The molecule has 1 amide bonds. The summed E-state index contributed by atoms with van der Waals surface area (Å²) < 4.78 is 7.37. The molecule has 2 aromatic carbocycles. The van der Waals surface area contributed by atoms with E-state index in [4.69, 9.17) is 27.9 Å². The molecule has 0 aliphatic rings. The summed E-state index contributed by atoms with van der Waals surface area (Å²) in [5.41, 5.74) is 0.00692.